The van der Waals surface area contributed by atoms with E-state index in [1.165, 1.54) is 5.56 Å². The van der Waals surface area contributed by atoms with Crippen LogP contribution in [0.1, 0.15) is 32.3 Å². The van der Waals surface area contributed by atoms with E-state index in [0.29, 0.717) is 19.3 Å². The molecule has 21 heavy (non-hydrogen) atoms. The molecule has 4 nitrogen and oxygen atoms in total. The molecule has 2 aliphatic heterocycles. The van der Waals surface area contributed by atoms with Crippen molar-refractivity contribution in [2.24, 2.45) is 0 Å². The molecule has 2 aliphatic rings. The largest absolute Gasteiger partial charge is 0.486 e. The zero-order valence-corrected chi connectivity index (χ0v) is 13.0. The zero-order chi connectivity index (χ0) is 14.7. The summed E-state index contributed by atoms with van der Waals surface area (Å²) < 4.78 is 17.1. The van der Waals surface area contributed by atoms with Crippen LogP contribution in [-0.2, 0) is 11.2 Å². The number of fused-ring (bicyclic) bond motifs is 1. The topological polar surface area (TPSA) is 39.7 Å². The van der Waals surface area contributed by atoms with Crippen LogP contribution in [0, 0.1) is 0 Å². The van der Waals surface area contributed by atoms with Gasteiger partial charge in [0.1, 0.15) is 13.2 Å². The van der Waals surface area contributed by atoms with Gasteiger partial charge in [-0.15, -0.1) is 0 Å². The monoisotopic (exact) mass is 291 g/mol. The fourth-order valence-electron chi connectivity index (χ4n) is 2.96. The third-order valence-electron chi connectivity index (χ3n) is 4.12. The average Bonchev–Trinajstić information content (AvgIpc) is 2.83. The molecule has 1 fully saturated rings. The first-order valence-corrected chi connectivity index (χ1v) is 7.89. The van der Waals surface area contributed by atoms with E-state index >= 15 is 0 Å². The van der Waals surface area contributed by atoms with E-state index in [-0.39, 0.29) is 5.60 Å². The highest BCUT2D eigenvalue weighted by Gasteiger charge is 2.30. The molecule has 0 aliphatic carbocycles. The number of hydrogen-bond donors (Lipinski definition) is 1. The predicted molar refractivity (Wildman–Crippen MR) is 82.2 cm³/mol. The number of hydrogen-bond acceptors (Lipinski definition) is 4. The molecule has 0 aromatic heterocycles. The van der Waals surface area contributed by atoms with Gasteiger partial charge in [-0.1, -0.05) is 6.07 Å². The van der Waals surface area contributed by atoms with E-state index in [2.05, 4.69) is 31.3 Å². The highest BCUT2D eigenvalue weighted by molar-refractivity contribution is 5.43. The molecule has 1 unspecified atom stereocenters. The molecular weight excluding hydrogens is 266 g/mol. The minimum Gasteiger partial charge on any atom is -0.486 e. The number of rotatable bonds is 5. The Hall–Kier alpha value is -1.26. The van der Waals surface area contributed by atoms with Crippen LogP contribution >= 0.6 is 0 Å². The molecule has 1 saturated heterocycles. The van der Waals surface area contributed by atoms with E-state index in [1.807, 2.05) is 6.07 Å². The first kappa shape index (κ1) is 14.7. The minimum absolute atomic E-state index is 0.0577. The SMILES string of the molecule is CC1(C)CCC(CNCCc2ccc3c(c2)OCCO3)O1. The first-order chi connectivity index (χ1) is 10.1. The minimum atomic E-state index is 0.0577. The fraction of sp³-hybridized carbons (Fsp3) is 0.647. The van der Waals surface area contributed by atoms with Gasteiger partial charge in [-0.2, -0.15) is 0 Å². The second-order valence-electron chi connectivity index (χ2n) is 6.47. The third kappa shape index (κ3) is 3.89. The van der Waals surface area contributed by atoms with Crippen LogP contribution in [0.4, 0.5) is 0 Å². The molecule has 2 heterocycles. The Kier molecular flexibility index (Phi) is 4.36. The molecular formula is C17H25NO3. The highest BCUT2D eigenvalue weighted by atomic mass is 16.6. The summed E-state index contributed by atoms with van der Waals surface area (Å²) in [5.74, 6) is 1.74. The van der Waals surface area contributed by atoms with Gasteiger partial charge in [0, 0.05) is 6.54 Å². The summed E-state index contributed by atoms with van der Waals surface area (Å²) >= 11 is 0. The Morgan fingerprint density at radius 3 is 2.76 bits per heavy atom. The van der Waals surface area contributed by atoms with Gasteiger partial charge in [0.2, 0.25) is 0 Å². The van der Waals surface area contributed by atoms with Crippen LogP contribution in [0.2, 0.25) is 0 Å². The quantitative estimate of drug-likeness (QED) is 0.846. The van der Waals surface area contributed by atoms with Gasteiger partial charge in [0.25, 0.3) is 0 Å². The number of benzene rings is 1. The van der Waals surface area contributed by atoms with Crippen molar-refractivity contribution >= 4 is 0 Å². The van der Waals surface area contributed by atoms with Crippen molar-refractivity contribution < 1.29 is 14.2 Å². The summed E-state index contributed by atoms with van der Waals surface area (Å²) in [5.41, 5.74) is 1.33. The molecule has 0 spiro atoms. The molecule has 4 heteroatoms. The molecule has 0 saturated carbocycles. The molecule has 3 rings (SSSR count). The zero-order valence-electron chi connectivity index (χ0n) is 13.0. The van der Waals surface area contributed by atoms with Crippen molar-refractivity contribution in [1.82, 2.24) is 5.32 Å². The van der Waals surface area contributed by atoms with E-state index in [0.717, 1.165) is 43.9 Å². The maximum Gasteiger partial charge on any atom is 0.161 e. The lowest BCUT2D eigenvalue weighted by molar-refractivity contribution is -0.0140. The summed E-state index contributed by atoms with van der Waals surface area (Å²) in [6.45, 7) is 7.52. The first-order valence-electron chi connectivity index (χ1n) is 7.89. The second kappa shape index (κ2) is 6.24. The van der Waals surface area contributed by atoms with Crippen molar-refractivity contribution in [2.45, 2.75) is 44.8 Å². The van der Waals surface area contributed by atoms with E-state index in [1.54, 1.807) is 0 Å². The Labute approximate surface area is 126 Å². The maximum absolute atomic E-state index is 5.98. The Balaban J connectivity index is 1.41. The highest BCUT2D eigenvalue weighted by Crippen LogP contribution is 2.31. The van der Waals surface area contributed by atoms with Crippen LogP contribution in [0.25, 0.3) is 0 Å². The molecule has 1 aromatic rings. The van der Waals surface area contributed by atoms with Crippen LogP contribution in [-0.4, -0.2) is 38.0 Å². The van der Waals surface area contributed by atoms with Crippen LogP contribution in [0.5, 0.6) is 11.5 Å². The third-order valence-corrected chi connectivity index (χ3v) is 4.12. The van der Waals surface area contributed by atoms with Gasteiger partial charge in [-0.25, -0.2) is 0 Å². The number of nitrogens with one attached hydrogen (secondary N) is 1. The second-order valence-corrected chi connectivity index (χ2v) is 6.47. The Morgan fingerprint density at radius 2 is 2.00 bits per heavy atom. The van der Waals surface area contributed by atoms with Crippen molar-refractivity contribution in [3.05, 3.63) is 23.8 Å². The van der Waals surface area contributed by atoms with Crippen molar-refractivity contribution in [3.63, 3.8) is 0 Å². The molecule has 1 atom stereocenters. The average molecular weight is 291 g/mol. The lowest BCUT2D eigenvalue weighted by atomic mass is 10.1. The standard InChI is InChI=1S/C17H25NO3/c1-17(2)7-5-14(21-17)12-18-8-6-13-3-4-15-16(11-13)20-10-9-19-15/h3-4,11,14,18H,5-10,12H2,1-2H3. The van der Waals surface area contributed by atoms with E-state index in [9.17, 15) is 0 Å². The van der Waals surface area contributed by atoms with Gasteiger partial charge in [-0.05, 0) is 57.4 Å². The van der Waals surface area contributed by atoms with Gasteiger partial charge >= 0.3 is 0 Å². The van der Waals surface area contributed by atoms with Gasteiger partial charge in [-0.3, -0.25) is 0 Å². The Bertz CT molecular complexity index is 487. The lowest BCUT2D eigenvalue weighted by Gasteiger charge is -2.20. The maximum atomic E-state index is 5.98. The normalized spacial score (nSPS) is 23.2. The summed E-state index contributed by atoms with van der Waals surface area (Å²) in [5, 5.41) is 3.50. The molecule has 116 valence electrons. The lowest BCUT2D eigenvalue weighted by Crippen LogP contribution is -2.30. The molecule has 0 radical (unpaired) electrons. The van der Waals surface area contributed by atoms with E-state index in [4.69, 9.17) is 14.2 Å². The smallest absolute Gasteiger partial charge is 0.161 e. The fourth-order valence-corrected chi connectivity index (χ4v) is 2.96. The summed E-state index contributed by atoms with van der Waals surface area (Å²) in [6.07, 6.45) is 3.67. The molecule has 0 amide bonds. The number of ether oxygens (including phenoxy) is 3. The van der Waals surface area contributed by atoms with Crippen LogP contribution < -0.4 is 14.8 Å². The van der Waals surface area contributed by atoms with Crippen molar-refractivity contribution in [3.8, 4) is 11.5 Å². The summed E-state index contributed by atoms with van der Waals surface area (Å²) in [6, 6.07) is 6.21. The summed E-state index contributed by atoms with van der Waals surface area (Å²) in [4.78, 5) is 0. The van der Waals surface area contributed by atoms with Gasteiger partial charge in [0.05, 0.1) is 11.7 Å². The Morgan fingerprint density at radius 1 is 1.19 bits per heavy atom. The molecule has 0 bridgehead atoms. The molecule has 1 aromatic carbocycles. The predicted octanol–water partition coefficient (Wildman–Crippen LogP) is 2.55. The van der Waals surface area contributed by atoms with Crippen LogP contribution in [0.3, 0.4) is 0 Å². The van der Waals surface area contributed by atoms with Crippen molar-refractivity contribution in [1.29, 1.82) is 0 Å². The van der Waals surface area contributed by atoms with Crippen LogP contribution in [0.15, 0.2) is 18.2 Å². The van der Waals surface area contributed by atoms with Gasteiger partial charge in [0.15, 0.2) is 11.5 Å². The van der Waals surface area contributed by atoms with E-state index < -0.39 is 0 Å². The van der Waals surface area contributed by atoms with Crippen molar-refractivity contribution in [2.75, 3.05) is 26.3 Å². The molecule has 1 N–H and O–H groups in total. The summed E-state index contributed by atoms with van der Waals surface area (Å²) in [7, 11) is 0. The van der Waals surface area contributed by atoms with Gasteiger partial charge < -0.3 is 19.5 Å².